The van der Waals surface area contributed by atoms with Gasteiger partial charge in [0.05, 0.1) is 6.20 Å². The molecule has 0 bridgehead atoms. The molecule has 6 heteroatoms. The first-order valence-electron chi connectivity index (χ1n) is 8.85. The van der Waals surface area contributed by atoms with Gasteiger partial charge in [-0.2, -0.15) is 5.10 Å². The Kier molecular flexibility index (Phi) is 4.29. The fourth-order valence-electron chi connectivity index (χ4n) is 3.70. The molecular formula is C19H23FN4O. The van der Waals surface area contributed by atoms with Gasteiger partial charge in [-0.3, -0.25) is 14.4 Å². The van der Waals surface area contributed by atoms with Gasteiger partial charge in [0.2, 0.25) is 5.91 Å². The molecule has 2 aliphatic rings. The molecule has 132 valence electrons. The lowest BCUT2D eigenvalue weighted by Crippen LogP contribution is -2.48. The third kappa shape index (κ3) is 3.44. The summed E-state index contributed by atoms with van der Waals surface area (Å²) in [4.78, 5) is 16.9. The molecule has 2 aromatic rings. The predicted molar refractivity (Wildman–Crippen MR) is 92.3 cm³/mol. The van der Waals surface area contributed by atoms with Gasteiger partial charge >= 0.3 is 0 Å². The highest BCUT2D eigenvalue weighted by molar-refractivity contribution is 5.83. The highest BCUT2D eigenvalue weighted by Crippen LogP contribution is 2.48. The SMILES string of the molecule is Cn1cc(C2CC2C(=O)N2CCN(Cc3ccccc3F)CC2)cn1. The van der Waals surface area contributed by atoms with Gasteiger partial charge in [0.1, 0.15) is 5.82 Å². The van der Waals surface area contributed by atoms with E-state index in [0.717, 1.165) is 38.2 Å². The molecule has 1 aromatic carbocycles. The Hall–Kier alpha value is -2.21. The van der Waals surface area contributed by atoms with Crippen LogP contribution >= 0.6 is 0 Å². The quantitative estimate of drug-likeness (QED) is 0.853. The Morgan fingerprint density at radius 3 is 2.68 bits per heavy atom. The molecule has 2 unspecified atom stereocenters. The first-order chi connectivity index (χ1) is 12.1. The normalized spacial score (nSPS) is 23.7. The van der Waals surface area contributed by atoms with Crippen LogP contribution in [-0.2, 0) is 18.4 Å². The molecule has 0 spiro atoms. The highest BCUT2D eigenvalue weighted by atomic mass is 19.1. The van der Waals surface area contributed by atoms with E-state index in [0.29, 0.717) is 12.5 Å². The van der Waals surface area contributed by atoms with Crippen LogP contribution in [0.3, 0.4) is 0 Å². The maximum absolute atomic E-state index is 13.8. The molecule has 2 heterocycles. The Morgan fingerprint density at radius 1 is 1.24 bits per heavy atom. The summed E-state index contributed by atoms with van der Waals surface area (Å²) in [5.41, 5.74) is 1.89. The Balaban J connectivity index is 1.29. The third-order valence-corrected chi connectivity index (χ3v) is 5.30. The van der Waals surface area contributed by atoms with Crippen LogP contribution in [0, 0.1) is 11.7 Å². The van der Waals surface area contributed by atoms with Crippen molar-refractivity contribution in [3.05, 3.63) is 53.6 Å². The maximum atomic E-state index is 13.8. The summed E-state index contributed by atoms with van der Waals surface area (Å²) in [6.45, 7) is 3.65. The average molecular weight is 342 g/mol. The van der Waals surface area contributed by atoms with Crippen molar-refractivity contribution in [1.82, 2.24) is 19.6 Å². The first kappa shape index (κ1) is 16.3. The van der Waals surface area contributed by atoms with Crippen LogP contribution in [0.5, 0.6) is 0 Å². The van der Waals surface area contributed by atoms with Crippen molar-refractivity contribution in [3.8, 4) is 0 Å². The smallest absolute Gasteiger partial charge is 0.226 e. The summed E-state index contributed by atoms with van der Waals surface area (Å²) in [6, 6.07) is 6.91. The number of carbonyl (C=O) groups excluding carboxylic acids is 1. The number of aromatic nitrogens is 2. The fraction of sp³-hybridized carbons (Fsp3) is 0.474. The average Bonchev–Trinajstić information content (AvgIpc) is 3.31. The van der Waals surface area contributed by atoms with Crippen molar-refractivity contribution in [3.63, 3.8) is 0 Å². The van der Waals surface area contributed by atoms with E-state index in [4.69, 9.17) is 0 Å². The zero-order valence-corrected chi connectivity index (χ0v) is 14.4. The molecule has 4 rings (SSSR count). The number of amides is 1. The van der Waals surface area contributed by atoms with Gasteiger partial charge in [-0.05, 0) is 24.0 Å². The standard InChI is InChI=1S/C19H23FN4O/c1-22-12-15(11-21-22)16-10-17(16)19(25)24-8-6-23(7-9-24)13-14-4-2-3-5-18(14)20/h2-5,11-12,16-17H,6-10,13H2,1H3. The van der Waals surface area contributed by atoms with Gasteiger partial charge in [0.25, 0.3) is 0 Å². The summed E-state index contributed by atoms with van der Waals surface area (Å²) in [6.07, 6.45) is 4.80. The van der Waals surface area contributed by atoms with Crippen molar-refractivity contribution in [1.29, 1.82) is 0 Å². The van der Waals surface area contributed by atoms with E-state index >= 15 is 0 Å². The highest BCUT2D eigenvalue weighted by Gasteiger charge is 2.46. The first-order valence-corrected chi connectivity index (χ1v) is 8.85. The topological polar surface area (TPSA) is 41.4 Å². The zero-order chi connectivity index (χ0) is 17.4. The van der Waals surface area contributed by atoms with E-state index in [-0.39, 0.29) is 17.6 Å². The Bertz CT molecular complexity index is 766. The molecular weight excluding hydrogens is 319 g/mol. The molecule has 5 nitrogen and oxygen atoms in total. The second-order valence-electron chi connectivity index (χ2n) is 7.09. The molecule has 0 N–H and O–H groups in total. The lowest BCUT2D eigenvalue weighted by atomic mass is 10.1. The molecule has 1 aliphatic heterocycles. The van der Waals surface area contributed by atoms with Crippen molar-refractivity contribution in [2.24, 2.45) is 13.0 Å². The van der Waals surface area contributed by atoms with Gasteiger partial charge < -0.3 is 4.90 Å². The minimum absolute atomic E-state index is 0.113. The van der Waals surface area contributed by atoms with Gasteiger partial charge in [-0.25, -0.2) is 4.39 Å². The van der Waals surface area contributed by atoms with E-state index < -0.39 is 0 Å². The molecule has 1 aromatic heterocycles. The lowest BCUT2D eigenvalue weighted by molar-refractivity contribution is -0.134. The molecule has 2 atom stereocenters. The van der Waals surface area contributed by atoms with Gasteiger partial charge in [-0.15, -0.1) is 0 Å². The van der Waals surface area contributed by atoms with E-state index in [2.05, 4.69) is 10.00 Å². The van der Waals surface area contributed by atoms with Crippen LogP contribution < -0.4 is 0 Å². The molecule has 1 saturated carbocycles. The number of hydrogen-bond donors (Lipinski definition) is 0. The van der Waals surface area contributed by atoms with E-state index in [1.165, 1.54) is 11.6 Å². The second-order valence-corrected chi connectivity index (χ2v) is 7.09. The van der Waals surface area contributed by atoms with Crippen molar-refractivity contribution in [2.45, 2.75) is 18.9 Å². The molecule has 2 fully saturated rings. The minimum Gasteiger partial charge on any atom is -0.340 e. The number of nitrogens with zero attached hydrogens (tertiary/aromatic N) is 4. The number of rotatable bonds is 4. The van der Waals surface area contributed by atoms with Gasteiger partial charge in [-0.1, -0.05) is 18.2 Å². The second kappa shape index (κ2) is 6.59. The van der Waals surface area contributed by atoms with Crippen LogP contribution in [0.15, 0.2) is 36.7 Å². The number of aryl methyl sites for hydroxylation is 1. The van der Waals surface area contributed by atoms with E-state index in [9.17, 15) is 9.18 Å². The predicted octanol–water partition coefficient (Wildman–Crippen LogP) is 2.01. The summed E-state index contributed by atoms with van der Waals surface area (Å²) >= 11 is 0. The minimum atomic E-state index is -0.154. The van der Waals surface area contributed by atoms with Crippen LogP contribution in [0.1, 0.15) is 23.5 Å². The van der Waals surface area contributed by atoms with Gasteiger partial charge in [0.15, 0.2) is 0 Å². The van der Waals surface area contributed by atoms with E-state index in [1.807, 2.05) is 36.5 Å². The number of hydrogen-bond acceptors (Lipinski definition) is 3. The monoisotopic (exact) mass is 342 g/mol. The molecule has 0 radical (unpaired) electrons. The van der Waals surface area contributed by atoms with Crippen LogP contribution in [-0.4, -0.2) is 51.7 Å². The van der Waals surface area contributed by atoms with Crippen molar-refractivity contribution >= 4 is 5.91 Å². The molecule has 25 heavy (non-hydrogen) atoms. The lowest BCUT2D eigenvalue weighted by Gasteiger charge is -2.35. The summed E-state index contributed by atoms with van der Waals surface area (Å²) in [5, 5.41) is 4.20. The summed E-state index contributed by atoms with van der Waals surface area (Å²) in [5.74, 6) is 0.553. The summed E-state index contributed by atoms with van der Waals surface area (Å²) < 4.78 is 15.6. The van der Waals surface area contributed by atoms with E-state index in [1.54, 1.807) is 10.7 Å². The number of carbonyl (C=O) groups is 1. The Morgan fingerprint density at radius 2 is 2.00 bits per heavy atom. The zero-order valence-electron chi connectivity index (χ0n) is 14.4. The fourth-order valence-corrected chi connectivity index (χ4v) is 3.70. The number of halogens is 1. The van der Waals surface area contributed by atoms with Crippen LogP contribution in [0.25, 0.3) is 0 Å². The maximum Gasteiger partial charge on any atom is 0.226 e. The Labute approximate surface area is 147 Å². The number of piperazine rings is 1. The number of benzene rings is 1. The van der Waals surface area contributed by atoms with Crippen molar-refractivity contribution < 1.29 is 9.18 Å². The van der Waals surface area contributed by atoms with Crippen molar-refractivity contribution in [2.75, 3.05) is 26.2 Å². The van der Waals surface area contributed by atoms with Crippen LogP contribution in [0.2, 0.25) is 0 Å². The largest absolute Gasteiger partial charge is 0.340 e. The summed E-state index contributed by atoms with van der Waals surface area (Å²) in [7, 11) is 1.90. The molecule has 1 saturated heterocycles. The van der Waals surface area contributed by atoms with Gasteiger partial charge in [0, 0.05) is 57.4 Å². The molecule has 1 aliphatic carbocycles. The third-order valence-electron chi connectivity index (χ3n) is 5.30. The molecule has 1 amide bonds. The van der Waals surface area contributed by atoms with Crippen LogP contribution in [0.4, 0.5) is 4.39 Å².